The minimum absolute atomic E-state index is 0.222. The van der Waals surface area contributed by atoms with Crippen molar-refractivity contribution in [3.63, 3.8) is 0 Å². The Morgan fingerprint density at radius 1 is 1.43 bits per heavy atom. The first-order chi connectivity index (χ1) is 10.0. The van der Waals surface area contributed by atoms with E-state index in [1.165, 1.54) is 5.56 Å². The summed E-state index contributed by atoms with van der Waals surface area (Å²) >= 11 is 0. The van der Waals surface area contributed by atoms with Crippen LogP contribution in [0.3, 0.4) is 0 Å². The molecule has 0 N–H and O–H groups in total. The van der Waals surface area contributed by atoms with E-state index in [4.69, 9.17) is 4.74 Å². The standard InChI is InChI=1S/C17H26N2O2/c1-14-6-4-8-16(10-14)21-13-15-7-5-9-19(11-15)17(20)12-18(2)3/h4,6,8,10,15H,5,7,9,11-13H2,1-3H3. The maximum Gasteiger partial charge on any atom is 0.236 e. The van der Waals surface area contributed by atoms with Crippen molar-refractivity contribution in [3.8, 4) is 5.75 Å². The zero-order valence-corrected chi connectivity index (χ0v) is 13.3. The Bertz CT molecular complexity index is 474. The minimum atomic E-state index is 0.222. The van der Waals surface area contributed by atoms with Crippen LogP contribution in [0.5, 0.6) is 5.75 Å². The van der Waals surface area contributed by atoms with Crippen LogP contribution >= 0.6 is 0 Å². The van der Waals surface area contributed by atoms with Crippen LogP contribution in [-0.2, 0) is 4.79 Å². The van der Waals surface area contributed by atoms with Crippen LogP contribution in [0.1, 0.15) is 18.4 Å². The molecule has 1 aromatic carbocycles. The summed E-state index contributed by atoms with van der Waals surface area (Å²) in [4.78, 5) is 16.0. The fourth-order valence-electron chi connectivity index (χ4n) is 2.72. The SMILES string of the molecule is Cc1cccc(OCC2CCCN(C(=O)CN(C)C)C2)c1. The summed E-state index contributed by atoms with van der Waals surface area (Å²) in [5.41, 5.74) is 1.21. The molecule has 0 bridgehead atoms. The number of benzene rings is 1. The van der Waals surface area contributed by atoms with Gasteiger partial charge in [0.1, 0.15) is 5.75 Å². The Labute approximate surface area is 127 Å². The lowest BCUT2D eigenvalue weighted by molar-refractivity contribution is -0.133. The molecule has 21 heavy (non-hydrogen) atoms. The summed E-state index contributed by atoms with van der Waals surface area (Å²) in [6, 6.07) is 8.12. The molecule has 1 atom stereocenters. The molecule has 1 aliphatic rings. The Balaban J connectivity index is 1.82. The van der Waals surface area contributed by atoms with Crippen LogP contribution in [0.25, 0.3) is 0 Å². The first-order valence-electron chi connectivity index (χ1n) is 7.66. The number of carbonyl (C=O) groups excluding carboxylic acids is 1. The van der Waals surface area contributed by atoms with Crippen LogP contribution in [0.2, 0.25) is 0 Å². The van der Waals surface area contributed by atoms with Crippen LogP contribution < -0.4 is 4.74 Å². The van der Waals surface area contributed by atoms with Gasteiger partial charge in [0.05, 0.1) is 13.2 Å². The van der Waals surface area contributed by atoms with Crippen molar-refractivity contribution in [2.45, 2.75) is 19.8 Å². The Hall–Kier alpha value is -1.55. The Morgan fingerprint density at radius 2 is 2.24 bits per heavy atom. The van der Waals surface area contributed by atoms with Gasteiger partial charge < -0.3 is 14.5 Å². The van der Waals surface area contributed by atoms with E-state index in [1.807, 2.05) is 36.0 Å². The van der Waals surface area contributed by atoms with E-state index >= 15 is 0 Å². The number of amides is 1. The average Bonchev–Trinajstić information content (AvgIpc) is 2.45. The third-order valence-electron chi connectivity index (χ3n) is 3.80. The monoisotopic (exact) mass is 290 g/mol. The second-order valence-corrected chi connectivity index (χ2v) is 6.21. The molecule has 2 rings (SSSR count). The third-order valence-corrected chi connectivity index (χ3v) is 3.80. The summed E-state index contributed by atoms with van der Waals surface area (Å²) in [6.07, 6.45) is 2.21. The molecule has 1 amide bonds. The molecule has 0 saturated carbocycles. The number of aryl methyl sites for hydroxylation is 1. The summed E-state index contributed by atoms with van der Waals surface area (Å²) in [7, 11) is 3.86. The molecule has 0 spiro atoms. The molecule has 116 valence electrons. The zero-order valence-electron chi connectivity index (χ0n) is 13.3. The van der Waals surface area contributed by atoms with Crippen molar-refractivity contribution in [1.82, 2.24) is 9.80 Å². The molecule has 1 aromatic rings. The maximum absolute atomic E-state index is 12.1. The molecule has 0 aromatic heterocycles. The summed E-state index contributed by atoms with van der Waals surface area (Å²) in [5, 5.41) is 0. The van der Waals surface area contributed by atoms with Crippen LogP contribution in [0, 0.1) is 12.8 Å². The third kappa shape index (κ3) is 5.05. The van der Waals surface area contributed by atoms with Gasteiger partial charge in [0.15, 0.2) is 0 Å². The topological polar surface area (TPSA) is 32.8 Å². The van der Waals surface area contributed by atoms with E-state index in [2.05, 4.69) is 19.1 Å². The molecular formula is C17H26N2O2. The second-order valence-electron chi connectivity index (χ2n) is 6.21. The number of ether oxygens (including phenoxy) is 1. The number of nitrogens with zero attached hydrogens (tertiary/aromatic N) is 2. The quantitative estimate of drug-likeness (QED) is 0.833. The van der Waals surface area contributed by atoms with Crippen molar-refractivity contribution in [1.29, 1.82) is 0 Å². The van der Waals surface area contributed by atoms with Gasteiger partial charge in [0.25, 0.3) is 0 Å². The van der Waals surface area contributed by atoms with Gasteiger partial charge in [-0.1, -0.05) is 12.1 Å². The lowest BCUT2D eigenvalue weighted by atomic mass is 9.99. The number of piperidine rings is 1. The number of hydrogen-bond donors (Lipinski definition) is 0. The lowest BCUT2D eigenvalue weighted by Crippen LogP contribution is -2.44. The summed E-state index contributed by atoms with van der Waals surface area (Å²) in [5.74, 6) is 1.58. The van der Waals surface area contributed by atoms with E-state index in [0.717, 1.165) is 31.7 Å². The highest BCUT2D eigenvalue weighted by atomic mass is 16.5. The molecule has 0 aliphatic carbocycles. The Morgan fingerprint density at radius 3 is 2.95 bits per heavy atom. The van der Waals surface area contributed by atoms with Crippen molar-refractivity contribution < 1.29 is 9.53 Å². The van der Waals surface area contributed by atoms with Gasteiger partial charge in [-0.05, 0) is 51.6 Å². The van der Waals surface area contributed by atoms with Gasteiger partial charge in [0.2, 0.25) is 5.91 Å². The van der Waals surface area contributed by atoms with Crippen LogP contribution in [0.4, 0.5) is 0 Å². The van der Waals surface area contributed by atoms with Gasteiger partial charge in [-0.2, -0.15) is 0 Å². The highest BCUT2D eigenvalue weighted by Crippen LogP contribution is 2.19. The number of carbonyl (C=O) groups is 1. The highest BCUT2D eigenvalue weighted by Gasteiger charge is 2.24. The summed E-state index contributed by atoms with van der Waals surface area (Å²) < 4.78 is 5.89. The largest absolute Gasteiger partial charge is 0.493 e. The Kier molecular flexibility index (Phi) is 5.62. The van der Waals surface area contributed by atoms with Crippen LogP contribution in [0.15, 0.2) is 24.3 Å². The second kappa shape index (κ2) is 7.46. The number of rotatable bonds is 5. The molecule has 1 unspecified atom stereocenters. The fraction of sp³-hybridized carbons (Fsp3) is 0.588. The van der Waals surface area contributed by atoms with Crippen molar-refractivity contribution in [3.05, 3.63) is 29.8 Å². The highest BCUT2D eigenvalue weighted by molar-refractivity contribution is 5.78. The molecule has 0 radical (unpaired) electrons. The van der Waals surface area contributed by atoms with E-state index in [9.17, 15) is 4.79 Å². The number of likely N-dealkylation sites (tertiary alicyclic amines) is 1. The van der Waals surface area contributed by atoms with Gasteiger partial charge in [-0.25, -0.2) is 0 Å². The smallest absolute Gasteiger partial charge is 0.236 e. The van der Waals surface area contributed by atoms with Gasteiger partial charge >= 0.3 is 0 Å². The molecular weight excluding hydrogens is 264 g/mol. The molecule has 1 aliphatic heterocycles. The number of likely N-dealkylation sites (N-methyl/N-ethyl adjacent to an activating group) is 1. The van der Waals surface area contributed by atoms with E-state index in [0.29, 0.717) is 19.1 Å². The van der Waals surface area contributed by atoms with Crippen molar-refractivity contribution in [2.75, 3.05) is 40.3 Å². The molecule has 4 heteroatoms. The number of hydrogen-bond acceptors (Lipinski definition) is 3. The molecule has 1 saturated heterocycles. The maximum atomic E-state index is 12.1. The zero-order chi connectivity index (χ0) is 15.2. The average molecular weight is 290 g/mol. The molecule has 1 heterocycles. The fourth-order valence-corrected chi connectivity index (χ4v) is 2.72. The lowest BCUT2D eigenvalue weighted by Gasteiger charge is -2.33. The predicted octanol–water partition coefficient (Wildman–Crippen LogP) is 2.17. The predicted molar refractivity (Wildman–Crippen MR) is 84.5 cm³/mol. The minimum Gasteiger partial charge on any atom is -0.493 e. The van der Waals surface area contributed by atoms with Gasteiger partial charge in [-0.3, -0.25) is 4.79 Å². The van der Waals surface area contributed by atoms with Gasteiger partial charge in [0, 0.05) is 19.0 Å². The normalized spacial score (nSPS) is 18.9. The van der Waals surface area contributed by atoms with E-state index in [1.54, 1.807) is 0 Å². The van der Waals surface area contributed by atoms with Crippen LogP contribution in [-0.4, -0.2) is 56.0 Å². The van der Waals surface area contributed by atoms with E-state index < -0.39 is 0 Å². The molecule has 4 nitrogen and oxygen atoms in total. The van der Waals surface area contributed by atoms with Gasteiger partial charge in [-0.15, -0.1) is 0 Å². The molecule has 1 fully saturated rings. The van der Waals surface area contributed by atoms with Crippen molar-refractivity contribution in [2.24, 2.45) is 5.92 Å². The first-order valence-corrected chi connectivity index (χ1v) is 7.66. The summed E-state index contributed by atoms with van der Waals surface area (Å²) in [6.45, 7) is 4.95. The first kappa shape index (κ1) is 15.8. The van der Waals surface area contributed by atoms with Crippen molar-refractivity contribution >= 4 is 5.91 Å². The van der Waals surface area contributed by atoms with E-state index in [-0.39, 0.29) is 5.91 Å².